The molecule has 0 saturated carbocycles. The van der Waals surface area contributed by atoms with Gasteiger partial charge in [-0.1, -0.05) is 12.1 Å². The summed E-state index contributed by atoms with van der Waals surface area (Å²) in [4.78, 5) is 24.0. The summed E-state index contributed by atoms with van der Waals surface area (Å²) >= 11 is 0. The summed E-state index contributed by atoms with van der Waals surface area (Å²) in [7, 11) is 0. The third kappa shape index (κ3) is 4.19. The lowest BCUT2D eigenvalue weighted by molar-refractivity contribution is 0.0341. The van der Waals surface area contributed by atoms with E-state index in [-0.39, 0.29) is 5.82 Å². The maximum atomic E-state index is 13.9. The van der Waals surface area contributed by atoms with Crippen molar-refractivity contribution < 1.29 is 9.13 Å². The lowest BCUT2D eigenvalue weighted by Crippen LogP contribution is -2.35. The first-order chi connectivity index (χ1) is 18.7. The van der Waals surface area contributed by atoms with Gasteiger partial charge in [-0.3, -0.25) is 20.0 Å². The van der Waals surface area contributed by atoms with Crippen LogP contribution >= 0.6 is 0 Å². The molecule has 0 spiro atoms. The quantitative estimate of drug-likeness (QED) is 0.352. The normalized spacial score (nSPS) is 14.4. The third-order valence-electron chi connectivity index (χ3n) is 6.81. The van der Waals surface area contributed by atoms with Gasteiger partial charge in [0, 0.05) is 61.1 Å². The second-order valence-electron chi connectivity index (χ2n) is 9.34. The van der Waals surface area contributed by atoms with Crippen molar-refractivity contribution in [3.05, 3.63) is 78.8 Å². The summed E-state index contributed by atoms with van der Waals surface area (Å²) in [5.41, 5.74) is 7.26. The van der Waals surface area contributed by atoms with Crippen molar-refractivity contribution in [3.8, 4) is 33.8 Å². The zero-order valence-electron chi connectivity index (χ0n) is 20.4. The number of nitrogens with zero attached hydrogens (tertiary/aromatic N) is 6. The standard InChI is InChI=1S/C28H23FN8O/c29-21-3-1-2-18(9-21)23-14-31-15-24-25(23)34-28(33-24)26-22-10-20(13-32-27(22)36-35-26)19-8-17(11-30-12-19)16-37-4-6-38-7-5-37/h1-3,8-15H,4-7,16H2,(H,33,34)(H,32,35,36). The van der Waals surface area contributed by atoms with Gasteiger partial charge in [0.2, 0.25) is 0 Å². The summed E-state index contributed by atoms with van der Waals surface area (Å²) in [5, 5.41) is 8.35. The van der Waals surface area contributed by atoms with Crippen molar-refractivity contribution in [2.75, 3.05) is 26.3 Å². The first-order valence-corrected chi connectivity index (χ1v) is 12.4. The Morgan fingerprint density at radius 3 is 2.68 bits per heavy atom. The maximum Gasteiger partial charge on any atom is 0.159 e. The first-order valence-electron chi connectivity index (χ1n) is 12.4. The van der Waals surface area contributed by atoms with Crippen LogP contribution in [0.2, 0.25) is 0 Å². The average molecular weight is 507 g/mol. The Kier molecular flexibility index (Phi) is 5.60. The van der Waals surface area contributed by atoms with Gasteiger partial charge in [-0.2, -0.15) is 5.10 Å². The number of aromatic amines is 2. The van der Waals surface area contributed by atoms with E-state index in [1.165, 1.54) is 12.1 Å². The number of hydrogen-bond acceptors (Lipinski definition) is 7. The highest BCUT2D eigenvalue weighted by Crippen LogP contribution is 2.32. The Labute approximate surface area is 216 Å². The van der Waals surface area contributed by atoms with Crippen LogP contribution in [0, 0.1) is 5.82 Å². The van der Waals surface area contributed by atoms with Gasteiger partial charge < -0.3 is 9.72 Å². The van der Waals surface area contributed by atoms with E-state index in [1.807, 2.05) is 24.7 Å². The molecule has 1 aromatic carbocycles. The number of halogens is 1. The van der Waals surface area contributed by atoms with Crippen molar-refractivity contribution in [2.24, 2.45) is 0 Å². The van der Waals surface area contributed by atoms with Crippen LogP contribution in [0.15, 0.2) is 67.4 Å². The summed E-state index contributed by atoms with van der Waals surface area (Å²) in [6, 6.07) is 10.6. The van der Waals surface area contributed by atoms with E-state index < -0.39 is 0 Å². The van der Waals surface area contributed by atoms with Crippen LogP contribution < -0.4 is 0 Å². The maximum absolute atomic E-state index is 13.9. The number of hydrogen-bond donors (Lipinski definition) is 2. The second kappa shape index (κ2) is 9.40. The molecule has 0 radical (unpaired) electrons. The van der Waals surface area contributed by atoms with Gasteiger partial charge in [-0.05, 0) is 35.4 Å². The molecule has 7 rings (SSSR count). The molecule has 38 heavy (non-hydrogen) atoms. The van der Waals surface area contributed by atoms with Gasteiger partial charge in [0.25, 0.3) is 0 Å². The van der Waals surface area contributed by atoms with E-state index in [0.29, 0.717) is 28.2 Å². The molecule has 0 bridgehead atoms. The minimum Gasteiger partial charge on any atom is -0.379 e. The molecule has 1 aliphatic heterocycles. The van der Waals surface area contributed by atoms with Gasteiger partial charge in [0.05, 0.1) is 35.8 Å². The van der Waals surface area contributed by atoms with Crippen molar-refractivity contribution in [3.63, 3.8) is 0 Å². The Morgan fingerprint density at radius 2 is 1.79 bits per heavy atom. The number of nitrogens with one attached hydrogen (secondary N) is 2. The van der Waals surface area contributed by atoms with Crippen LogP contribution in [0.25, 0.3) is 55.8 Å². The Balaban J connectivity index is 1.26. The van der Waals surface area contributed by atoms with Gasteiger partial charge in [-0.25, -0.2) is 14.4 Å². The number of pyridine rings is 3. The van der Waals surface area contributed by atoms with E-state index in [9.17, 15) is 4.39 Å². The first kappa shape index (κ1) is 22.6. The van der Waals surface area contributed by atoms with Crippen molar-refractivity contribution in [2.45, 2.75) is 6.54 Å². The molecule has 2 N–H and O–H groups in total. The highest BCUT2D eigenvalue weighted by atomic mass is 19.1. The molecule has 6 heterocycles. The minimum atomic E-state index is -0.310. The predicted octanol–water partition coefficient (Wildman–Crippen LogP) is 4.60. The molecule has 5 aromatic heterocycles. The molecule has 0 atom stereocenters. The fraction of sp³-hybridized carbons (Fsp3) is 0.179. The van der Waals surface area contributed by atoms with E-state index in [2.05, 4.69) is 47.2 Å². The van der Waals surface area contributed by atoms with Crippen LogP contribution in [0.4, 0.5) is 4.39 Å². The highest BCUT2D eigenvalue weighted by Gasteiger charge is 2.17. The molecular formula is C28H23FN8O. The molecule has 0 unspecified atom stereocenters. The monoisotopic (exact) mass is 506 g/mol. The number of fused-ring (bicyclic) bond motifs is 2. The molecule has 6 aromatic rings. The number of ether oxygens (including phenoxy) is 1. The predicted molar refractivity (Wildman–Crippen MR) is 141 cm³/mol. The number of aromatic nitrogens is 7. The minimum absolute atomic E-state index is 0.310. The third-order valence-corrected chi connectivity index (χ3v) is 6.81. The molecule has 9 nitrogen and oxygen atoms in total. The summed E-state index contributed by atoms with van der Waals surface area (Å²) in [6.07, 6.45) is 8.99. The second-order valence-corrected chi connectivity index (χ2v) is 9.34. The molecule has 0 aliphatic carbocycles. The zero-order valence-corrected chi connectivity index (χ0v) is 20.4. The Hall–Kier alpha value is -4.54. The number of rotatable bonds is 5. The molecule has 188 valence electrons. The number of imidazole rings is 1. The summed E-state index contributed by atoms with van der Waals surface area (Å²) < 4.78 is 19.4. The highest BCUT2D eigenvalue weighted by molar-refractivity contribution is 5.96. The van der Waals surface area contributed by atoms with E-state index in [4.69, 9.17) is 9.72 Å². The van der Waals surface area contributed by atoms with Crippen LogP contribution in [0.5, 0.6) is 0 Å². The number of benzene rings is 1. The smallest absolute Gasteiger partial charge is 0.159 e. The zero-order chi connectivity index (χ0) is 25.5. The number of morpholine rings is 1. The topological polar surface area (TPSA) is 108 Å². The summed E-state index contributed by atoms with van der Waals surface area (Å²) in [5.74, 6) is 0.269. The molecule has 1 fully saturated rings. The SMILES string of the molecule is Fc1cccc(-c2cncc3[nH]c(-c4n[nH]c5ncc(-c6cncc(CN7CCOCC7)c6)cc45)nc23)c1. The summed E-state index contributed by atoms with van der Waals surface area (Å²) in [6.45, 7) is 4.20. The van der Waals surface area contributed by atoms with Gasteiger partial charge in [0.15, 0.2) is 11.5 Å². The number of H-pyrrole nitrogens is 2. The van der Waals surface area contributed by atoms with Crippen LogP contribution in [-0.2, 0) is 11.3 Å². The lowest BCUT2D eigenvalue weighted by atomic mass is 10.1. The van der Waals surface area contributed by atoms with E-state index in [1.54, 1.807) is 18.5 Å². The van der Waals surface area contributed by atoms with Crippen molar-refractivity contribution in [1.29, 1.82) is 0 Å². The largest absolute Gasteiger partial charge is 0.379 e. The molecule has 0 amide bonds. The van der Waals surface area contributed by atoms with E-state index in [0.717, 1.165) is 66.0 Å². The van der Waals surface area contributed by atoms with Crippen LogP contribution in [0.1, 0.15) is 5.56 Å². The van der Waals surface area contributed by atoms with E-state index >= 15 is 0 Å². The molecular weight excluding hydrogens is 483 g/mol. The van der Waals surface area contributed by atoms with Gasteiger partial charge in [0.1, 0.15) is 11.5 Å². The molecule has 1 aliphatic rings. The fourth-order valence-corrected chi connectivity index (χ4v) is 4.90. The average Bonchev–Trinajstić information content (AvgIpc) is 3.57. The van der Waals surface area contributed by atoms with Crippen LogP contribution in [0.3, 0.4) is 0 Å². The fourth-order valence-electron chi connectivity index (χ4n) is 4.90. The van der Waals surface area contributed by atoms with Crippen molar-refractivity contribution in [1.82, 2.24) is 40.0 Å². The van der Waals surface area contributed by atoms with Crippen LogP contribution in [-0.4, -0.2) is 66.3 Å². The lowest BCUT2D eigenvalue weighted by Gasteiger charge is -2.26. The Bertz CT molecular complexity index is 1770. The molecule has 10 heteroatoms. The van der Waals surface area contributed by atoms with Crippen molar-refractivity contribution >= 4 is 22.1 Å². The van der Waals surface area contributed by atoms with Gasteiger partial charge in [-0.15, -0.1) is 0 Å². The Morgan fingerprint density at radius 1 is 0.921 bits per heavy atom. The van der Waals surface area contributed by atoms with Gasteiger partial charge >= 0.3 is 0 Å². The molecule has 1 saturated heterocycles.